The maximum absolute atomic E-state index is 13.0. The highest BCUT2D eigenvalue weighted by atomic mass is 35.5. The Morgan fingerprint density at radius 1 is 1.09 bits per heavy atom. The SMILES string of the molecule is COc1ccc(NC(=O)C(C)Oc2ccc(C#N)cc2)cc1S(=O)(=O)Nc1ccccc1Cl. The standard InChI is InChI=1S/C23H20ClN3O5S/c1-15(32-18-10-7-16(14-25)8-11-18)23(28)26-17-9-12-21(31-2)22(13-17)33(29,30)27-20-6-4-3-5-19(20)24/h3-13,15,27H,1-2H3,(H,26,28). The molecule has 10 heteroatoms. The van der Waals surface area contributed by atoms with Crippen molar-refractivity contribution in [3.8, 4) is 17.6 Å². The fourth-order valence-electron chi connectivity index (χ4n) is 2.82. The van der Waals surface area contributed by atoms with Crippen molar-refractivity contribution in [3.63, 3.8) is 0 Å². The topological polar surface area (TPSA) is 118 Å². The lowest BCUT2D eigenvalue weighted by Gasteiger charge is -2.17. The van der Waals surface area contributed by atoms with Crippen molar-refractivity contribution in [2.45, 2.75) is 17.9 Å². The van der Waals surface area contributed by atoms with E-state index in [1.54, 1.807) is 49.4 Å². The molecule has 33 heavy (non-hydrogen) atoms. The quantitative estimate of drug-likeness (QED) is 0.487. The third kappa shape index (κ3) is 5.94. The van der Waals surface area contributed by atoms with Crippen LogP contribution in [0.3, 0.4) is 0 Å². The molecule has 0 aliphatic carbocycles. The van der Waals surface area contributed by atoms with Crippen LogP contribution >= 0.6 is 11.6 Å². The molecule has 8 nitrogen and oxygen atoms in total. The number of halogens is 1. The lowest BCUT2D eigenvalue weighted by molar-refractivity contribution is -0.122. The normalized spacial score (nSPS) is 11.7. The maximum Gasteiger partial charge on any atom is 0.265 e. The second-order valence-corrected chi connectivity index (χ2v) is 8.89. The maximum atomic E-state index is 13.0. The number of methoxy groups -OCH3 is 1. The summed E-state index contributed by atoms with van der Waals surface area (Å²) in [6.45, 7) is 1.55. The lowest BCUT2D eigenvalue weighted by Crippen LogP contribution is -2.30. The van der Waals surface area contributed by atoms with Crippen LogP contribution in [0, 0.1) is 11.3 Å². The number of carbonyl (C=O) groups is 1. The van der Waals surface area contributed by atoms with Crippen LogP contribution in [0.4, 0.5) is 11.4 Å². The summed E-state index contributed by atoms with van der Waals surface area (Å²) < 4.78 is 39.2. The summed E-state index contributed by atoms with van der Waals surface area (Å²) in [6.07, 6.45) is -0.888. The number of rotatable bonds is 8. The number of benzene rings is 3. The molecule has 0 spiro atoms. The molecule has 0 fully saturated rings. The van der Waals surface area contributed by atoms with Gasteiger partial charge in [-0.15, -0.1) is 0 Å². The van der Waals surface area contributed by atoms with Gasteiger partial charge in [-0.1, -0.05) is 23.7 Å². The summed E-state index contributed by atoms with van der Waals surface area (Å²) in [5, 5.41) is 11.7. The van der Waals surface area contributed by atoms with Crippen LogP contribution in [0.1, 0.15) is 12.5 Å². The van der Waals surface area contributed by atoms with Gasteiger partial charge in [0.15, 0.2) is 6.10 Å². The average molecular weight is 486 g/mol. The third-order valence-corrected chi connectivity index (χ3v) is 6.22. The molecule has 2 N–H and O–H groups in total. The predicted molar refractivity (Wildman–Crippen MR) is 125 cm³/mol. The Bertz CT molecular complexity index is 1300. The minimum atomic E-state index is -4.08. The van der Waals surface area contributed by atoms with Gasteiger partial charge in [0.25, 0.3) is 15.9 Å². The van der Waals surface area contributed by atoms with E-state index in [-0.39, 0.29) is 27.0 Å². The van der Waals surface area contributed by atoms with Gasteiger partial charge in [-0.2, -0.15) is 5.26 Å². The zero-order valence-electron chi connectivity index (χ0n) is 17.7. The van der Waals surface area contributed by atoms with Crippen molar-refractivity contribution in [1.29, 1.82) is 5.26 Å². The van der Waals surface area contributed by atoms with Crippen LogP contribution in [0.2, 0.25) is 5.02 Å². The molecule has 0 heterocycles. The van der Waals surface area contributed by atoms with Gasteiger partial charge in [0.1, 0.15) is 16.4 Å². The van der Waals surface area contributed by atoms with Crippen molar-refractivity contribution in [3.05, 3.63) is 77.3 Å². The second-order valence-electron chi connectivity index (χ2n) is 6.84. The molecule has 0 saturated heterocycles. The molecule has 1 atom stereocenters. The summed E-state index contributed by atoms with van der Waals surface area (Å²) in [5.74, 6) is 0.0139. The molecule has 0 radical (unpaired) electrons. The van der Waals surface area contributed by atoms with Gasteiger partial charge >= 0.3 is 0 Å². The largest absolute Gasteiger partial charge is 0.495 e. The first-order chi connectivity index (χ1) is 15.7. The molecule has 170 valence electrons. The molecule has 3 aromatic rings. The molecule has 0 aromatic heterocycles. The van der Waals surface area contributed by atoms with Crippen molar-refractivity contribution >= 4 is 38.9 Å². The van der Waals surface area contributed by atoms with Crippen LogP contribution < -0.4 is 19.5 Å². The zero-order valence-corrected chi connectivity index (χ0v) is 19.3. The van der Waals surface area contributed by atoms with E-state index in [1.807, 2.05) is 6.07 Å². The number of sulfonamides is 1. The average Bonchev–Trinajstić information content (AvgIpc) is 2.81. The Balaban J connectivity index is 1.78. The van der Waals surface area contributed by atoms with E-state index in [2.05, 4.69) is 10.0 Å². The number of nitriles is 1. The van der Waals surface area contributed by atoms with Gasteiger partial charge in [-0.05, 0) is 61.5 Å². The Morgan fingerprint density at radius 2 is 1.79 bits per heavy atom. The fraction of sp³-hybridized carbons (Fsp3) is 0.130. The highest BCUT2D eigenvalue weighted by molar-refractivity contribution is 7.92. The van der Waals surface area contributed by atoms with Crippen molar-refractivity contribution in [1.82, 2.24) is 0 Å². The molecular formula is C23H20ClN3O5S. The fourth-order valence-corrected chi connectivity index (χ4v) is 4.33. The summed E-state index contributed by atoms with van der Waals surface area (Å²) in [7, 11) is -2.74. The van der Waals surface area contributed by atoms with E-state index < -0.39 is 22.0 Å². The van der Waals surface area contributed by atoms with Crippen LogP contribution in [0.25, 0.3) is 0 Å². The number of hydrogen-bond acceptors (Lipinski definition) is 6. The Kier molecular flexibility index (Phi) is 7.43. The number of para-hydroxylation sites is 1. The number of carbonyl (C=O) groups excluding carboxylic acids is 1. The van der Waals surface area contributed by atoms with Gasteiger partial charge in [0.2, 0.25) is 0 Å². The van der Waals surface area contributed by atoms with Crippen molar-refractivity contribution in [2.24, 2.45) is 0 Å². The molecule has 0 aliphatic heterocycles. The van der Waals surface area contributed by atoms with E-state index in [0.29, 0.717) is 11.3 Å². The molecule has 0 saturated carbocycles. The predicted octanol–water partition coefficient (Wildman–Crippen LogP) is 4.43. The number of anilines is 2. The molecule has 0 bridgehead atoms. The van der Waals surface area contributed by atoms with Gasteiger partial charge in [0, 0.05) is 5.69 Å². The summed E-state index contributed by atoms with van der Waals surface area (Å²) >= 11 is 6.06. The van der Waals surface area contributed by atoms with Crippen LogP contribution in [0.5, 0.6) is 11.5 Å². The van der Waals surface area contributed by atoms with Gasteiger partial charge in [-0.3, -0.25) is 9.52 Å². The Labute approximate surface area is 196 Å². The van der Waals surface area contributed by atoms with Gasteiger partial charge in [-0.25, -0.2) is 8.42 Å². The second kappa shape index (κ2) is 10.3. The zero-order chi connectivity index (χ0) is 24.0. The smallest absolute Gasteiger partial charge is 0.265 e. The van der Waals surface area contributed by atoms with Gasteiger partial charge in [0.05, 0.1) is 29.5 Å². The first kappa shape index (κ1) is 23.9. The Hall–Kier alpha value is -3.74. The van der Waals surface area contributed by atoms with E-state index in [4.69, 9.17) is 26.3 Å². The van der Waals surface area contributed by atoms with E-state index in [0.717, 1.165) is 0 Å². The highest BCUT2D eigenvalue weighted by Crippen LogP contribution is 2.31. The molecular weight excluding hydrogens is 466 g/mol. The molecule has 0 aliphatic rings. The lowest BCUT2D eigenvalue weighted by atomic mass is 10.2. The first-order valence-corrected chi connectivity index (χ1v) is 11.5. The minimum absolute atomic E-state index is 0.0921. The number of nitrogens with one attached hydrogen (secondary N) is 2. The first-order valence-electron chi connectivity index (χ1n) is 9.66. The Morgan fingerprint density at radius 3 is 2.42 bits per heavy atom. The summed E-state index contributed by atoms with van der Waals surface area (Å²) in [4.78, 5) is 12.4. The molecule has 1 amide bonds. The van der Waals surface area contributed by atoms with Crippen molar-refractivity contribution in [2.75, 3.05) is 17.1 Å². The number of hydrogen-bond donors (Lipinski definition) is 2. The number of ether oxygens (including phenoxy) is 2. The van der Waals surface area contributed by atoms with Gasteiger partial charge < -0.3 is 14.8 Å². The molecule has 1 unspecified atom stereocenters. The number of nitrogens with zero attached hydrogens (tertiary/aromatic N) is 1. The van der Waals surface area contributed by atoms with E-state index in [9.17, 15) is 13.2 Å². The minimum Gasteiger partial charge on any atom is -0.495 e. The van der Waals surface area contributed by atoms with Crippen molar-refractivity contribution < 1.29 is 22.7 Å². The highest BCUT2D eigenvalue weighted by Gasteiger charge is 2.23. The number of amides is 1. The summed E-state index contributed by atoms with van der Waals surface area (Å²) in [6, 6.07) is 19.0. The van der Waals surface area contributed by atoms with Crippen LogP contribution in [-0.2, 0) is 14.8 Å². The van der Waals surface area contributed by atoms with E-state index in [1.165, 1.54) is 31.4 Å². The third-order valence-electron chi connectivity index (χ3n) is 4.50. The molecule has 3 rings (SSSR count). The summed E-state index contributed by atoms with van der Waals surface area (Å²) in [5.41, 5.74) is 0.910. The van der Waals surface area contributed by atoms with Crippen LogP contribution in [0.15, 0.2) is 71.6 Å². The molecule has 3 aromatic carbocycles. The monoisotopic (exact) mass is 485 g/mol. The van der Waals surface area contributed by atoms with Crippen LogP contribution in [-0.4, -0.2) is 27.5 Å². The van der Waals surface area contributed by atoms with E-state index >= 15 is 0 Å².